The van der Waals surface area contributed by atoms with Crippen LogP contribution in [0.4, 0.5) is 5.95 Å². The van der Waals surface area contributed by atoms with Gasteiger partial charge >= 0.3 is 5.69 Å². The van der Waals surface area contributed by atoms with Gasteiger partial charge in [0.25, 0.3) is 5.56 Å². The summed E-state index contributed by atoms with van der Waals surface area (Å²) in [7, 11) is 3.31. The maximum absolute atomic E-state index is 12.5. The van der Waals surface area contributed by atoms with Crippen molar-refractivity contribution < 1.29 is 0 Å². The Morgan fingerprint density at radius 3 is 2.48 bits per heavy atom. The van der Waals surface area contributed by atoms with E-state index in [-0.39, 0.29) is 11.2 Å². The number of hydrogen-bond donors (Lipinski definition) is 1. The lowest BCUT2D eigenvalue weighted by molar-refractivity contribution is 0.635. The Hall–Kier alpha value is -3.16. The molecule has 0 aliphatic carbocycles. The fourth-order valence-electron chi connectivity index (χ4n) is 2.64. The third-order valence-electron chi connectivity index (χ3n) is 4.13. The first-order chi connectivity index (χ1) is 11.9. The Balaban J connectivity index is 2.01. The molecule has 2 aromatic heterocycles. The molecular weight excluding hydrogens is 320 g/mol. The topological polar surface area (TPSA) is 86.2 Å². The summed E-state index contributed by atoms with van der Waals surface area (Å²) in [6.07, 6.45) is 1.67. The van der Waals surface area contributed by atoms with Crippen molar-refractivity contribution in [1.29, 1.82) is 0 Å². The molecule has 1 aromatic carbocycles. The Morgan fingerprint density at radius 1 is 1.16 bits per heavy atom. The maximum Gasteiger partial charge on any atom is 0.332 e. The lowest BCUT2D eigenvalue weighted by atomic mass is 10.2. The SMILES string of the molecule is CCn1c(=O)c2c(nc(N/N=C/c3ccc(C)cc3)n2C)n(C)c1=O. The molecule has 0 bridgehead atoms. The summed E-state index contributed by atoms with van der Waals surface area (Å²) in [5.74, 6) is 0.388. The van der Waals surface area contributed by atoms with Gasteiger partial charge in [-0.1, -0.05) is 29.8 Å². The van der Waals surface area contributed by atoms with Crippen molar-refractivity contribution >= 4 is 23.3 Å². The minimum Gasteiger partial charge on any atom is -0.306 e. The number of nitrogens with zero attached hydrogens (tertiary/aromatic N) is 5. The molecule has 3 aromatic rings. The van der Waals surface area contributed by atoms with Gasteiger partial charge < -0.3 is 4.57 Å². The molecule has 0 unspecified atom stereocenters. The van der Waals surface area contributed by atoms with Gasteiger partial charge in [0, 0.05) is 20.6 Å². The second kappa shape index (κ2) is 6.39. The number of imidazole rings is 1. The van der Waals surface area contributed by atoms with E-state index in [2.05, 4.69) is 15.5 Å². The van der Waals surface area contributed by atoms with Crippen LogP contribution in [0.3, 0.4) is 0 Å². The van der Waals surface area contributed by atoms with Crippen LogP contribution >= 0.6 is 0 Å². The van der Waals surface area contributed by atoms with Crippen molar-refractivity contribution in [3.8, 4) is 0 Å². The predicted molar refractivity (Wildman–Crippen MR) is 98.3 cm³/mol. The van der Waals surface area contributed by atoms with E-state index in [0.717, 1.165) is 5.56 Å². The summed E-state index contributed by atoms with van der Waals surface area (Å²) in [6, 6.07) is 7.91. The molecule has 1 N–H and O–H groups in total. The largest absolute Gasteiger partial charge is 0.332 e. The number of benzene rings is 1. The van der Waals surface area contributed by atoms with Crippen molar-refractivity contribution in [3.63, 3.8) is 0 Å². The van der Waals surface area contributed by atoms with Gasteiger partial charge in [0.2, 0.25) is 5.95 Å². The van der Waals surface area contributed by atoms with Crippen LogP contribution in [0.15, 0.2) is 39.0 Å². The van der Waals surface area contributed by atoms with Crippen LogP contribution in [0.5, 0.6) is 0 Å². The first-order valence-corrected chi connectivity index (χ1v) is 7.96. The summed E-state index contributed by atoms with van der Waals surface area (Å²) >= 11 is 0. The second-order valence-electron chi connectivity index (χ2n) is 5.84. The van der Waals surface area contributed by atoms with E-state index >= 15 is 0 Å². The number of fused-ring (bicyclic) bond motifs is 1. The first kappa shape index (κ1) is 16.7. The molecule has 0 atom stereocenters. The Bertz CT molecular complexity index is 1070. The highest BCUT2D eigenvalue weighted by Crippen LogP contribution is 2.13. The van der Waals surface area contributed by atoms with Crippen LogP contribution in [0, 0.1) is 6.92 Å². The van der Waals surface area contributed by atoms with E-state index in [0.29, 0.717) is 23.7 Å². The van der Waals surface area contributed by atoms with Gasteiger partial charge in [-0.15, -0.1) is 0 Å². The first-order valence-electron chi connectivity index (χ1n) is 7.96. The van der Waals surface area contributed by atoms with Gasteiger partial charge in [0.05, 0.1) is 6.21 Å². The highest BCUT2D eigenvalue weighted by Gasteiger charge is 2.17. The summed E-state index contributed by atoms with van der Waals surface area (Å²) in [4.78, 5) is 29.1. The molecular formula is C17H20N6O2. The molecule has 0 fully saturated rings. The molecule has 0 aliphatic rings. The number of hydrogen-bond acceptors (Lipinski definition) is 5. The normalized spacial score (nSPS) is 11.5. The van der Waals surface area contributed by atoms with Crippen LogP contribution in [-0.2, 0) is 20.6 Å². The molecule has 0 amide bonds. The molecule has 0 saturated carbocycles. The number of rotatable bonds is 4. The summed E-state index contributed by atoms with van der Waals surface area (Å²) in [6.45, 7) is 4.09. The van der Waals surface area contributed by atoms with Crippen LogP contribution in [0.2, 0.25) is 0 Å². The van der Waals surface area contributed by atoms with Crippen molar-refractivity contribution in [2.75, 3.05) is 5.43 Å². The smallest absolute Gasteiger partial charge is 0.306 e. The van der Waals surface area contributed by atoms with E-state index in [1.54, 1.807) is 31.8 Å². The highest BCUT2D eigenvalue weighted by molar-refractivity contribution is 5.80. The summed E-state index contributed by atoms with van der Waals surface area (Å²) in [5, 5.41) is 4.17. The molecule has 0 radical (unpaired) electrons. The van der Waals surface area contributed by atoms with Gasteiger partial charge in [-0.2, -0.15) is 10.1 Å². The van der Waals surface area contributed by atoms with Gasteiger partial charge in [-0.05, 0) is 19.4 Å². The monoisotopic (exact) mass is 340 g/mol. The van der Waals surface area contributed by atoms with Crippen molar-refractivity contribution in [1.82, 2.24) is 18.7 Å². The number of anilines is 1. The molecule has 130 valence electrons. The van der Waals surface area contributed by atoms with Gasteiger partial charge in [-0.25, -0.2) is 10.2 Å². The molecule has 0 aliphatic heterocycles. The Morgan fingerprint density at radius 2 is 1.84 bits per heavy atom. The molecule has 3 rings (SSSR count). The number of hydrazone groups is 1. The van der Waals surface area contributed by atoms with Crippen molar-refractivity contribution in [3.05, 3.63) is 56.2 Å². The average Bonchev–Trinajstić information content (AvgIpc) is 2.92. The fraction of sp³-hybridized carbons (Fsp3) is 0.294. The zero-order valence-electron chi connectivity index (χ0n) is 14.6. The molecule has 0 spiro atoms. The molecule has 8 heteroatoms. The quantitative estimate of drug-likeness (QED) is 0.571. The number of nitrogens with one attached hydrogen (secondary N) is 1. The summed E-state index contributed by atoms with van der Waals surface area (Å²) < 4.78 is 4.16. The van der Waals surface area contributed by atoms with E-state index in [4.69, 9.17) is 0 Å². The zero-order valence-corrected chi connectivity index (χ0v) is 14.6. The molecule has 2 heterocycles. The van der Waals surface area contributed by atoms with Crippen molar-refractivity contribution in [2.24, 2.45) is 19.2 Å². The lowest BCUT2D eigenvalue weighted by Gasteiger charge is -2.05. The maximum atomic E-state index is 12.5. The summed E-state index contributed by atoms with van der Waals surface area (Å²) in [5.41, 5.74) is 4.90. The van der Waals surface area contributed by atoms with Gasteiger partial charge in [0.15, 0.2) is 11.2 Å². The van der Waals surface area contributed by atoms with Crippen LogP contribution in [0.1, 0.15) is 18.1 Å². The highest BCUT2D eigenvalue weighted by atomic mass is 16.2. The van der Waals surface area contributed by atoms with Crippen molar-refractivity contribution in [2.45, 2.75) is 20.4 Å². The van der Waals surface area contributed by atoms with E-state index < -0.39 is 0 Å². The zero-order chi connectivity index (χ0) is 18.1. The van der Waals surface area contributed by atoms with Crippen LogP contribution in [-0.4, -0.2) is 24.9 Å². The molecule has 25 heavy (non-hydrogen) atoms. The lowest BCUT2D eigenvalue weighted by Crippen LogP contribution is -2.39. The number of aryl methyl sites for hydroxylation is 3. The third kappa shape index (κ3) is 2.86. The minimum absolute atomic E-state index is 0.307. The standard InChI is InChI=1S/C17H20N6O2/c1-5-23-15(24)13-14(22(4)17(23)25)19-16(21(13)3)20-18-10-12-8-6-11(2)7-9-12/h6-10H,5H2,1-4H3,(H,19,20)/b18-10+. The average molecular weight is 340 g/mol. The van der Waals surface area contributed by atoms with E-state index in [1.165, 1.54) is 14.7 Å². The third-order valence-corrected chi connectivity index (χ3v) is 4.13. The number of aromatic nitrogens is 4. The van der Waals surface area contributed by atoms with Gasteiger partial charge in [0.1, 0.15) is 0 Å². The van der Waals surface area contributed by atoms with Gasteiger partial charge in [-0.3, -0.25) is 13.9 Å². The molecule has 8 nitrogen and oxygen atoms in total. The van der Waals surface area contributed by atoms with Crippen LogP contribution < -0.4 is 16.7 Å². The molecule has 0 saturated heterocycles. The van der Waals surface area contributed by atoms with Crippen LogP contribution in [0.25, 0.3) is 11.2 Å². The van der Waals surface area contributed by atoms with E-state index in [1.807, 2.05) is 31.2 Å². The minimum atomic E-state index is -0.382. The predicted octanol–water partition coefficient (Wildman–Crippen LogP) is 1.21. The van der Waals surface area contributed by atoms with E-state index in [9.17, 15) is 9.59 Å². The second-order valence-corrected chi connectivity index (χ2v) is 5.84. The fourth-order valence-corrected chi connectivity index (χ4v) is 2.64. The Labute approximate surface area is 144 Å². The Kier molecular flexibility index (Phi) is 4.26.